The van der Waals surface area contributed by atoms with Crippen molar-refractivity contribution in [2.24, 2.45) is 0 Å². The Labute approximate surface area is 112 Å². The van der Waals surface area contributed by atoms with E-state index in [2.05, 4.69) is 43.5 Å². The van der Waals surface area contributed by atoms with E-state index in [0.717, 1.165) is 24.4 Å². The molecule has 96 valence electrons. The Hall–Kier alpha value is -0.510. The molecule has 0 aliphatic heterocycles. The molecule has 0 aromatic carbocycles. The van der Waals surface area contributed by atoms with Crippen molar-refractivity contribution in [1.29, 1.82) is 0 Å². The number of anilines is 1. The normalized spacial score (nSPS) is 17.3. The molecule has 0 N–H and O–H groups in total. The van der Waals surface area contributed by atoms with Gasteiger partial charge in [0.25, 0.3) is 0 Å². The average Bonchev–Trinajstić information content (AvgIpc) is 2.85. The maximum atomic E-state index is 4.55. The van der Waals surface area contributed by atoms with Crippen LogP contribution in [-0.4, -0.2) is 27.5 Å². The van der Waals surface area contributed by atoms with Gasteiger partial charge in [-0.3, -0.25) is 0 Å². The van der Waals surface area contributed by atoms with Gasteiger partial charge in [0.1, 0.15) is 0 Å². The summed E-state index contributed by atoms with van der Waals surface area (Å²) in [6, 6.07) is 0.689. The van der Waals surface area contributed by atoms with Crippen LogP contribution in [0.15, 0.2) is 12.4 Å². The second-order valence-corrected chi connectivity index (χ2v) is 5.48. The number of hydrogen-bond donors (Lipinski definition) is 0. The Morgan fingerprint density at radius 3 is 2.82 bits per heavy atom. The third kappa shape index (κ3) is 3.03. The molecular weight excluding hydrogens is 278 g/mol. The first-order valence-corrected chi connectivity index (χ1v) is 7.82. The molecule has 1 aromatic rings. The van der Waals surface area contributed by atoms with Crippen molar-refractivity contribution in [3.63, 3.8) is 0 Å². The van der Waals surface area contributed by atoms with Crippen molar-refractivity contribution < 1.29 is 0 Å². The quantitative estimate of drug-likeness (QED) is 0.777. The smallest absolute Gasteiger partial charge is 0.205 e. The van der Waals surface area contributed by atoms with E-state index in [-0.39, 0.29) is 0 Å². The van der Waals surface area contributed by atoms with Crippen LogP contribution in [0.25, 0.3) is 0 Å². The van der Waals surface area contributed by atoms with E-state index in [1.54, 1.807) is 0 Å². The summed E-state index contributed by atoms with van der Waals surface area (Å²) in [7, 11) is 0. The minimum Gasteiger partial charge on any atom is -0.338 e. The highest BCUT2D eigenvalue weighted by molar-refractivity contribution is 9.09. The second-order valence-electron chi connectivity index (χ2n) is 4.69. The first-order valence-electron chi connectivity index (χ1n) is 6.70. The van der Waals surface area contributed by atoms with Crippen molar-refractivity contribution in [2.45, 2.75) is 51.6 Å². The van der Waals surface area contributed by atoms with Crippen LogP contribution < -0.4 is 4.90 Å². The molecule has 0 saturated heterocycles. The average molecular weight is 300 g/mol. The van der Waals surface area contributed by atoms with E-state index < -0.39 is 0 Å². The molecule has 1 heterocycles. The highest BCUT2D eigenvalue weighted by atomic mass is 79.9. The molecule has 0 atom stereocenters. The zero-order valence-electron chi connectivity index (χ0n) is 10.6. The third-order valence-electron chi connectivity index (χ3n) is 3.63. The van der Waals surface area contributed by atoms with Crippen LogP contribution in [-0.2, 0) is 6.54 Å². The summed E-state index contributed by atoms with van der Waals surface area (Å²) >= 11 is 3.57. The lowest BCUT2D eigenvalue weighted by Crippen LogP contribution is -2.39. The summed E-state index contributed by atoms with van der Waals surface area (Å²) in [5, 5.41) is 1.01. The highest BCUT2D eigenvalue weighted by Crippen LogP contribution is 2.26. The summed E-state index contributed by atoms with van der Waals surface area (Å²) in [5.41, 5.74) is 0. The number of nitrogens with zero attached hydrogens (tertiary/aromatic N) is 3. The molecule has 4 heteroatoms. The fourth-order valence-corrected chi connectivity index (χ4v) is 3.12. The molecule has 17 heavy (non-hydrogen) atoms. The molecule has 1 saturated carbocycles. The molecule has 1 fully saturated rings. The molecule has 3 nitrogen and oxygen atoms in total. The number of halogens is 1. The Kier molecular flexibility index (Phi) is 4.89. The molecule has 0 unspecified atom stereocenters. The second kappa shape index (κ2) is 6.43. The summed E-state index contributed by atoms with van der Waals surface area (Å²) in [6.45, 7) is 4.24. The minimum atomic E-state index is 0.689. The van der Waals surface area contributed by atoms with E-state index in [1.807, 2.05) is 6.20 Å². The number of alkyl halides is 1. The van der Waals surface area contributed by atoms with E-state index in [4.69, 9.17) is 0 Å². The lowest BCUT2D eigenvalue weighted by molar-refractivity contribution is 0.412. The van der Waals surface area contributed by atoms with Crippen molar-refractivity contribution in [2.75, 3.05) is 16.8 Å². The summed E-state index contributed by atoms with van der Waals surface area (Å²) < 4.78 is 2.25. The summed E-state index contributed by atoms with van der Waals surface area (Å²) in [6.07, 6.45) is 10.8. The Bertz CT molecular complexity index is 331. The summed E-state index contributed by atoms with van der Waals surface area (Å²) in [4.78, 5) is 7.05. The zero-order chi connectivity index (χ0) is 12.1. The number of hydrogen-bond acceptors (Lipinski definition) is 2. The van der Waals surface area contributed by atoms with Gasteiger partial charge < -0.3 is 9.47 Å². The van der Waals surface area contributed by atoms with Gasteiger partial charge in [-0.15, -0.1) is 0 Å². The van der Waals surface area contributed by atoms with Gasteiger partial charge in [0, 0.05) is 36.9 Å². The molecule has 0 amide bonds. The van der Waals surface area contributed by atoms with Crippen LogP contribution in [0.5, 0.6) is 0 Å². The molecular formula is C13H22BrN3. The largest absolute Gasteiger partial charge is 0.338 e. The molecule has 0 spiro atoms. The molecule has 2 rings (SSSR count). The Balaban J connectivity index is 2.15. The van der Waals surface area contributed by atoms with Gasteiger partial charge in [0.05, 0.1) is 0 Å². The van der Waals surface area contributed by atoms with Crippen molar-refractivity contribution in [3.05, 3.63) is 12.4 Å². The van der Waals surface area contributed by atoms with Crippen LogP contribution in [0.4, 0.5) is 5.95 Å². The fraction of sp³-hybridized carbons (Fsp3) is 0.769. The highest BCUT2D eigenvalue weighted by Gasteiger charge is 2.23. The Morgan fingerprint density at radius 2 is 2.18 bits per heavy atom. The first kappa shape index (κ1) is 12.9. The van der Waals surface area contributed by atoms with Gasteiger partial charge in [-0.2, -0.15) is 0 Å². The van der Waals surface area contributed by atoms with Crippen LogP contribution >= 0.6 is 15.9 Å². The van der Waals surface area contributed by atoms with Gasteiger partial charge >= 0.3 is 0 Å². The predicted octanol–water partition coefficient (Wildman–Crippen LogP) is 3.44. The molecule has 1 aliphatic rings. The lowest BCUT2D eigenvalue weighted by Gasteiger charge is -2.35. The van der Waals surface area contributed by atoms with Crippen LogP contribution in [0.1, 0.15) is 39.0 Å². The van der Waals surface area contributed by atoms with Crippen LogP contribution in [0.2, 0.25) is 0 Å². The topological polar surface area (TPSA) is 21.1 Å². The zero-order valence-corrected chi connectivity index (χ0v) is 12.2. The van der Waals surface area contributed by atoms with Crippen molar-refractivity contribution in [1.82, 2.24) is 9.55 Å². The number of aromatic nitrogens is 2. The van der Waals surface area contributed by atoms with E-state index in [9.17, 15) is 0 Å². The third-order valence-corrected chi connectivity index (χ3v) is 3.99. The molecule has 0 radical (unpaired) electrons. The molecule has 1 aromatic heterocycles. The maximum absolute atomic E-state index is 4.55. The number of rotatable bonds is 5. The summed E-state index contributed by atoms with van der Waals surface area (Å²) in [5.74, 6) is 1.15. The Morgan fingerprint density at radius 1 is 1.41 bits per heavy atom. The minimum absolute atomic E-state index is 0.689. The monoisotopic (exact) mass is 299 g/mol. The number of aryl methyl sites for hydroxylation is 1. The fourth-order valence-electron chi connectivity index (χ4n) is 2.74. The SMILES string of the molecule is CCn1ccnc1N(CCBr)C1CCCCC1. The predicted molar refractivity (Wildman–Crippen MR) is 75.9 cm³/mol. The van der Waals surface area contributed by atoms with Gasteiger partial charge in [0.2, 0.25) is 5.95 Å². The van der Waals surface area contributed by atoms with Gasteiger partial charge in [-0.1, -0.05) is 35.2 Å². The first-order chi connectivity index (χ1) is 8.36. The van der Waals surface area contributed by atoms with E-state index in [0.29, 0.717) is 6.04 Å². The maximum Gasteiger partial charge on any atom is 0.205 e. The molecule has 1 aliphatic carbocycles. The van der Waals surface area contributed by atoms with E-state index in [1.165, 1.54) is 32.1 Å². The van der Waals surface area contributed by atoms with Gasteiger partial charge in [-0.25, -0.2) is 4.98 Å². The molecule has 0 bridgehead atoms. The standard InChI is InChI=1S/C13H22BrN3/c1-2-16-11-9-15-13(16)17(10-8-14)12-6-4-3-5-7-12/h9,11-12H,2-8,10H2,1H3. The van der Waals surface area contributed by atoms with Gasteiger partial charge in [0.15, 0.2) is 0 Å². The van der Waals surface area contributed by atoms with E-state index >= 15 is 0 Å². The van der Waals surface area contributed by atoms with Crippen molar-refractivity contribution in [3.8, 4) is 0 Å². The van der Waals surface area contributed by atoms with Crippen LogP contribution in [0.3, 0.4) is 0 Å². The van der Waals surface area contributed by atoms with Crippen LogP contribution in [0, 0.1) is 0 Å². The number of imidazole rings is 1. The van der Waals surface area contributed by atoms with Crippen molar-refractivity contribution >= 4 is 21.9 Å². The lowest BCUT2D eigenvalue weighted by atomic mass is 9.94. The van der Waals surface area contributed by atoms with Gasteiger partial charge in [-0.05, 0) is 19.8 Å².